The molecule has 1 aromatic heterocycles. The minimum absolute atomic E-state index is 0.811. The predicted molar refractivity (Wildman–Crippen MR) is 70.8 cm³/mol. The van der Waals surface area contributed by atoms with E-state index >= 15 is 0 Å². The number of hydrogen-bond donors (Lipinski definition) is 1. The predicted octanol–water partition coefficient (Wildman–Crippen LogP) is 2.60. The number of hydrogen-bond acceptors (Lipinski definition) is 2. The van der Waals surface area contributed by atoms with Gasteiger partial charge in [0.05, 0.1) is 11.4 Å². The molecule has 0 spiro atoms. The number of aromatic nitrogens is 2. The molecule has 1 N–H and O–H groups in total. The summed E-state index contributed by atoms with van der Waals surface area (Å²) in [4.78, 5) is 0. The molecule has 1 aromatic carbocycles. The zero-order chi connectivity index (χ0) is 12.3. The lowest BCUT2D eigenvalue weighted by Crippen LogP contribution is -2.06. The fourth-order valence-electron chi connectivity index (χ4n) is 2.06. The molecule has 3 heteroatoms. The lowest BCUT2D eigenvalue weighted by atomic mass is 10.1. The van der Waals surface area contributed by atoms with Crippen LogP contribution in [0.15, 0.2) is 30.3 Å². The van der Waals surface area contributed by atoms with Gasteiger partial charge in [-0.05, 0) is 32.5 Å². The quantitative estimate of drug-likeness (QED) is 0.873. The van der Waals surface area contributed by atoms with Crippen LogP contribution in [0.25, 0.3) is 11.3 Å². The summed E-state index contributed by atoms with van der Waals surface area (Å²) >= 11 is 0. The molecule has 90 valence electrons. The van der Waals surface area contributed by atoms with Crippen molar-refractivity contribution in [2.45, 2.75) is 26.9 Å². The number of benzene rings is 1. The molecule has 1 heterocycles. The van der Waals surface area contributed by atoms with Crippen LogP contribution >= 0.6 is 0 Å². The minimum atomic E-state index is 0.811. The van der Waals surface area contributed by atoms with Crippen molar-refractivity contribution in [3.05, 3.63) is 41.6 Å². The van der Waals surface area contributed by atoms with Crippen LogP contribution < -0.4 is 5.32 Å². The SMILES string of the molecule is CCn1nc(CNC)cc1-c1ccccc1C. The van der Waals surface area contributed by atoms with Crippen molar-refractivity contribution in [3.8, 4) is 11.3 Å². The van der Waals surface area contributed by atoms with E-state index in [1.165, 1.54) is 16.8 Å². The summed E-state index contributed by atoms with van der Waals surface area (Å²) < 4.78 is 2.06. The maximum absolute atomic E-state index is 4.59. The molecule has 0 atom stereocenters. The van der Waals surface area contributed by atoms with Crippen molar-refractivity contribution in [2.75, 3.05) is 7.05 Å². The summed E-state index contributed by atoms with van der Waals surface area (Å²) in [5, 5.41) is 7.73. The fraction of sp³-hybridized carbons (Fsp3) is 0.357. The Morgan fingerprint density at radius 3 is 2.71 bits per heavy atom. The standard InChI is InChI=1S/C14H19N3/c1-4-17-14(9-12(16-17)10-15-3)13-8-6-5-7-11(13)2/h5-9,15H,4,10H2,1-3H3. The Balaban J connectivity index is 2.47. The molecule has 0 fully saturated rings. The molecule has 17 heavy (non-hydrogen) atoms. The van der Waals surface area contributed by atoms with E-state index in [1.54, 1.807) is 0 Å². The highest BCUT2D eigenvalue weighted by Crippen LogP contribution is 2.24. The van der Waals surface area contributed by atoms with Gasteiger partial charge >= 0.3 is 0 Å². The van der Waals surface area contributed by atoms with E-state index in [1.807, 2.05) is 7.05 Å². The first-order chi connectivity index (χ1) is 8.26. The van der Waals surface area contributed by atoms with Gasteiger partial charge in [-0.3, -0.25) is 4.68 Å². The summed E-state index contributed by atoms with van der Waals surface area (Å²) in [6, 6.07) is 10.6. The Morgan fingerprint density at radius 2 is 2.06 bits per heavy atom. The van der Waals surface area contributed by atoms with Crippen LogP contribution in [0.2, 0.25) is 0 Å². The molecule has 0 bridgehead atoms. The summed E-state index contributed by atoms with van der Waals surface area (Å²) in [7, 11) is 1.94. The first kappa shape index (κ1) is 11.9. The third-order valence-corrected chi connectivity index (χ3v) is 2.91. The molecular formula is C14H19N3. The minimum Gasteiger partial charge on any atom is -0.314 e. The van der Waals surface area contributed by atoms with Gasteiger partial charge in [-0.15, -0.1) is 0 Å². The smallest absolute Gasteiger partial charge is 0.0768 e. The lowest BCUT2D eigenvalue weighted by Gasteiger charge is -2.07. The first-order valence-corrected chi connectivity index (χ1v) is 6.03. The number of nitrogens with zero attached hydrogens (tertiary/aromatic N) is 2. The summed E-state index contributed by atoms with van der Waals surface area (Å²) in [5.41, 5.74) is 4.85. The maximum atomic E-state index is 4.59. The van der Waals surface area contributed by atoms with E-state index in [-0.39, 0.29) is 0 Å². The topological polar surface area (TPSA) is 29.9 Å². The van der Waals surface area contributed by atoms with E-state index in [0.29, 0.717) is 0 Å². The highest BCUT2D eigenvalue weighted by molar-refractivity contribution is 5.64. The van der Waals surface area contributed by atoms with Gasteiger partial charge in [-0.25, -0.2) is 0 Å². The molecule has 0 unspecified atom stereocenters. The molecule has 0 saturated heterocycles. The van der Waals surface area contributed by atoms with Crippen LogP contribution in [0.1, 0.15) is 18.2 Å². The van der Waals surface area contributed by atoms with Crippen molar-refractivity contribution >= 4 is 0 Å². The summed E-state index contributed by atoms with van der Waals surface area (Å²) in [6.45, 7) is 5.97. The number of rotatable bonds is 4. The molecule has 0 radical (unpaired) electrons. The van der Waals surface area contributed by atoms with Crippen LogP contribution in [0, 0.1) is 6.92 Å². The van der Waals surface area contributed by atoms with Gasteiger partial charge in [-0.1, -0.05) is 24.3 Å². The Kier molecular flexibility index (Phi) is 3.59. The zero-order valence-electron chi connectivity index (χ0n) is 10.7. The Morgan fingerprint density at radius 1 is 1.29 bits per heavy atom. The van der Waals surface area contributed by atoms with Gasteiger partial charge in [0, 0.05) is 18.7 Å². The molecule has 0 aliphatic heterocycles. The van der Waals surface area contributed by atoms with Crippen molar-refractivity contribution in [2.24, 2.45) is 0 Å². The second-order valence-electron chi connectivity index (χ2n) is 4.18. The van der Waals surface area contributed by atoms with Gasteiger partial charge in [0.1, 0.15) is 0 Å². The molecule has 0 amide bonds. The summed E-state index contributed by atoms with van der Waals surface area (Å²) in [6.07, 6.45) is 0. The van der Waals surface area contributed by atoms with E-state index in [2.05, 4.69) is 59.3 Å². The monoisotopic (exact) mass is 229 g/mol. The van der Waals surface area contributed by atoms with Crippen molar-refractivity contribution in [3.63, 3.8) is 0 Å². The van der Waals surface area contributed by atoms with Gasteiger partial charge < -0.3 is 5.32 Å². The molecule has 2 rings (SSSR count). The van der Waals surface area contributed by atoms with E-state index in [0.717, 1.165) is 18.8 Å². The Hall–Kier alpha value is -1.61. The Labute approximate surface area is 102 Å². The van der Waals surface area contributed by atoms with Crippen LogP contribution in [0.5, 0.6) is 0 Å². The largest absolute Gasteiger partial charge is 0.314 e. The van der Waals surface area contributed by atoms with Crippen LogP contribution in [0.4, 0.5) is 0 Å². The number of aryl methyl sites for hydroxylation is 2. The van der Waals surface area contributed by atoms with Gasteiger partial charge in [0.15, 0.2) is 0 Å². The second-order valence-corrected chi connectivity index (χ2v) is 4.18. The van der Waals surface area contributed by atoms with Crippen molar-refractivity contribution < 1.29 is 0 Å². The molecular weight excluding hydrogens is 210 g/mol. The average Bonchev–Trinajstić information content (AvgIpc) is 2.73. The fourth-order valence-corrected chi connectivity index (χ4v) is 2.06. The highest BCUT2D eigenvalue weighted by Gasteiger charge is 2.09. The maximum Gasteiger partial charge on any atom is 0.0768 e. The molecule has 2 aromatic rings. The van der Waals surface area contributed by atoms with Gasteiger partial charge in [0.2, 0.25) is 0 Å². The molecule has 0 aliphatic carbocycles. The lowest BCUT2D eigenvalue weighted by molar-refractivity contribution is 0.643. The summed E-state index contributed by atoms with van der Waals surface area (Å²) in [5.74, 6) is 0. The average molecular weight is 229 g/mol. The van der Waals surface area contributed by atoms with Gasteiger partial charge in [0.25, 0.3) is 0 Å². The molecule has 0 aliphatic rings. The third-order valence-electron chi connectivity index (χ3n) is 2.91. The van der Waals surface area contributed by atoms with Crippen molar-refractivity contribution in [1.29, 1.82) is 0 Å². The third kappa shape index (κ3) is 2.39. The van der Waals surface area contributed by atoms with Crippen LogP contribution in [-0.2, 0) is 13.1 Å². The van der Waals surface area contributed by atoms with Crippen LogP contribution in [-0.4, -0.2) is 16.8 Å². The van der Waals surface area contributed by atoms with E-state index < -0.39 is 0 Å². The zero-order valence-corrected chi connectivity index (χ0v) is 10.7. The van der Waals surface area contributed by atoms with Crippen LogP contribution in [0.3, 0.4) is 0 Å². The van der Waals surface area contributed by atoms with Gasteiger partial charge in [-0.2, -0.15) is 5.10 Å². The van der Waals surface area contributed by atoms with E-state index in [9.17, 15) is 0 Å². The normalized spacial score (nSPS) is 10.8. The second kappa shape index (κ2) is 5.15. The Bertz CT molecular complexity index is 500. The number of nitrogens with one attached hydrogen (secondary N) is 1. The van der Waals surface area contributed by atoms with Crippen molar-refractivity contribution in [1.82, 2.24) is 15.1 Å². The van der Waals surface area contributed by atoms with E-state index in [4.69, 9.17) is 0 Å². The first-order valence-electron chi connectivity index (χ1n) is 6.03. The molecule has 0 saturated carbocycles. The highest BCUT2D eigenvalue weighted by atomic mass is 15.3. The molecule has 3 nitrogen and oxygen atoms in total.